The van der Waals surface area contributed by atoms with E-state index in [0.717, 1.165) is 23.1 Å². The standard InChI is InChI=1S/C17H22N2OS/c18-16(21)9-11-2-5-15(6-3-11)19-17(20)10-14-8-12-1-4-13(14)7-12/h2-3,5-6,12-14H,1,4,7-10H2,(H2,18,21)(H,19,20). The van der Waals surface area contributed by atoms with Gasteiger partial charge in [-0.25, -0.2) is 0 Å². The number of fused-ring (bicyclic) bond motifs is 2. The number of rotatable bonds is 5. The normalized spacial score (nSPS) is 26.8. The fraction of sp³-hybridized carbons (Fsp3) is 0.529. The highest BCUT2D eigenvalue weighted by Crippen LogP contribution is 2.49. The van der Waals surface area contributed by atoms with E-state index in [1.807, 2.05) is 24.3 Å². The second-order valence-corrected chi connectivity index (χ2v) is 7.05. The number of carbonyl (C=O) groups is 1. The minimum atomic E-state index is 0.148. The molecule has 3 rings (SSSR count). The Hall–Kier alpha value is -1.42. The second kappa shape index (κ2) is 6.14. The molecule has 0 spiro atoms. The molecule has 0 heterocycles. The Balaban J connectivity index is 1.51. The highest BCUT2D eigenvalue weighted by atomic mass is 32.1. The number of thiocarbonyl (C=S) groups is 1. The Kier molecular flexibility index (Phi) is 4.24. The SMILES string of the molecule is NC(=S)Cc1ccc(NC(=O)CC2CC3CCC2C3)cc1. The summed E-state index contributed by atoms with van der Waals surface area (Å²) in [6.45, 7) is 0. The van der Waals surface area contributed by atoms with Gasteiger partial charge in [0.2, 0.25) is 5.91 Å². The van der Waals surface area contributed by atoms with E-state index in [1.165, 1.54) is 25.7 Å². The van der Waals surface area contributed by atoms with Crippen molar-refractivity contribution >= 4 is 28.8 Å². The third kappa shape index (κ3) is 3.62. The van der Waals surface area contributed by atoms with Gasteiger partial charge in [0.25, 0.3) is 0 Å². The summed E-state index contributed by atoms with van der Waals surface area (Å²) in [5.74, 6) is 2.45. The van der Waals surface area contributed by atoms with Gasteiger partial charge in [-0.2, -0.15) is 0 Å². The number of anilines is 1. The molecule has 3 atom stereocenters. The third-order valence-electron chi connectivity index (χ3n) is 4.95. The molecule has 0 aliphatic heterocycles. The summed E-state index contributed by atoms with van der Waals surface area (Å²) in [7, 11) is 0. The van der Waals surface area contributed by atoms with Crippen LogP contribution in [0.15, 0.2) is 24.3 Å². The minimum Gasteiger partial charge on any atom is -0.393 e. The quantitative estimate of drug-likeness (QED) is 0.821. The molecule has 2 fully saturated rings. The van der Waals surface area contributed by atoms with Gasteiger partial charge in [0, 0.05) is 18.5 Å². The summed E-state index contributed by atoms with van der Waals surface area (Å²) in [4.78, 5) is 12.6. The van der Waals surface area contributed by atoms with Gasteiger partial charge in [-0.1, -0.05) is 30.8 Å². The van der Waals surface area contributed by atoms with E-state index in [0.29, 0.717) is 23.7 Å². The van der Waals surface area contributed by atoms with Crippen molar-refractivity contribution < 1.29 is 4.79 Å². The molecule has 2 aliphatic rings. The Labute approximate surface area is 131 Å². The van der Waals surface area contributed by atoms with E-state index in [2.05, 4.69) is 5.32 Å². The Morgan fingerprint density at radius 1 is 1.24 bits per heavy atom. The summed E-state index contributed by atoms with van der Waals surface area (Å²) in [5, 5.41) is 3.01. The highest BCUT2D eigenvalue weighted by Gasteiger charge is 2.40. The molecule has 1 aromatic rings. The van der Waals surface area contributed by atoms with Crippen LogP contribution < -0.4 is 11.1 Å². The lowest BCUT2D eigenvalue weighted by Crippen LogP contribution is -2.20. The zero-order valence-corrected chi connectivity index (χ0v) is 13.0. The first kappa shape index (κ1) is 14.5. The van der Waals surface area contributed by atoms with E-state index in [4.69, 9.17) is 18.0 Å². The average molecular weight is 302 g/mol. The summed E-state index contributed by atoms with van der Waals surface area (Å²) in [6, 6.07) is 7.78. The Morgan fingerprint density at radius 3 is 2.57 bits per heavy atom. The third-order valence-corrected chi connectivity index (χ3v) is 5.09. The molecule has 112 valence electrons. The van der Waals surface area contributed by atoms with Crippen LogP contribution in [0.3, 0.4) is 0 Å². The lowest BCUT2D eigenvalue weighted by atomic mass is 9.86. The van der Waals surface area contributed by atoms with E-state index >= 15 is 0 Å². The predicted molar refractivity (Wildman–Crippen MR) is 89.1 cm³/mol. The lowest BCUT2D eigenvalue weighted by molar-refractivity contribution is -0.117. The van der Waals surface area contributed by atoms with E-state index in [1.54, 1.807) is 0 Å². The number of carbonyl (C=O) groups excluding carboxylic acids is 1. The molecule has 1 amide bonds. The van der Waals surface area contributed by atoms with Gasteiger partial charge < -0.3 is 11.1 Å². The lowest BCUT2D eigenvalue weighted by Gasteiger charge is -2.20. The van der Waals surface area contributed by atoms with Gasteiger partial charge in [0.15, 0.2) is 0 Å². The highest BCUT2D eigenvalue weighted by molar-refractivity contribution is 7.80. The summed E-state index contributed by atoms with van der Waals surface area (Å²) in [6.07, 6.45) is 6.60. The average Bonchev–Trinajstić information content (AvgIpc) is 3.02. The molecule has 2 saturated carbocycles. The first-order valence-electron chi connectivity index (χ1n) is 7.77. The molecule has 2 aliphatic carbocycles. The zero-order valence-electron chi connectivity index (χ0n) is 12.2. The molecule has 0 radical (unpaired) electrons. The molecule has 0 saturated heterocycles. The van der Waals surface area contributed by atoms with Gasteiger partial charge in [-0.15, -0.1) is 0 Å². The summed E-state index contributed by atoms with van der Waals surface area (Å²) in [5.41, 5.74) is 7.46. The fourth-order valence-corrected chi connectivity index (χ4v) is 4.15. The molecule has 1 aromatic carbocycles. The number of nitrogens with two attached hydrogens (primary N) is 1. The molecule has 3 N–H and O–H groups in total. The topological polar surface area (TPSA) is 55.1 Å². The van der Waals surface area contributed by atoms with Crippen LogP contribution in [0.5, 0.6) is 0 Å². The number of nitrogens with one attached hydrogen (secondary N) is 1. The monoisotopic (exact) mass is 302 g/mol. The van der Waals surface area contributed by atoms with Gasteiger partial charge in [0.1, 0.15) is 0 Å². The Bertz CT molecular complexity index is 540. The maximum absolute atomic E-state index is 12.2. The summed E-state index contributed by atoms with van der Waals surface area (Å²) >= 11 is 4.89. The smallest absolute Gasteiger partial charge is 0.224 e. The van der Waals surface area contributed by atoms with Crippen LogP contribution in [0.1, 0.15) is 37.7 Å². The number of hydrogen-bond donors (Lipinski definition) is 2. The van der Waals surface area contributed by atoms with Gasteiger partial charge in [-0.3, -0.25) is 4.79 Å². The van der Waals surface area contributed by atoms with Crippen LogP contribution >= 0.6 is 12.2 Å². The van der Waals surface area contributed by atoms with Crippen molar-refractivity contribution in [3.63, 3.8) is 0 Å². The number of amides is 1. The van der Waals surface area contributed by atoms with Crippen molar-refractivity contribution in [3.8, 4) is 0 Å². The molecular formula is C17H22N2OS. The summed E-state index contributed by atoms with van der Waals surface area (Å²) < 4.78 is 0. The van der Waals surface area contributed by atoms with Crippen molar-refractivity contribution in [2.75, 3.05) is 5.32 Å². The first-order valence-corrected chi connectivity index (χ1v) is 8.18. The molecule has 4 heteroatoms. The molecule has 21 heavy (non-hydrogen) atoms. The van der Waals surface area contributed by atoms with Gasteiger partial charge in [0.05, 0.1) is 4.99 Å². The van der Waals surface area contributed by atoms with Gasteiger partial charge in [-0.05, 0) is 54.7 Å². The molecule has 0 aromatic heterocycles. The largest absolute Gasteiger partial charge is 0.393 e. The molecular weight excluding hydrogens is 280 g/mol. The number of benzene rings is 1. The maximum Gasteiger partial charge on any atom is 0.224 e. The zero-order chi connectivity index (χ0) is 14.8. The minimum absolute atomic E-state index is 0.148. The van der Waals surface area contributed by atoms with Crippen molar-refractivity contribution in [2.45, 2.75) is 38.5 Å². The van der Waals surface area contributed by atoms with Gasteiger partial charge >= 0.3 is 0 Å². The molecule has 2 bridgehead atoms. The maximum atomic E-state index is 12.2. The predicted octanol–water partition coefficient (Wildman–Crippen LogP) is 3.28. The molecule has 3 unspecified atom stereocenters. The second-order valence-electron chi connectivity index (χ2n) is 6.53. The van der Waals surface area contributed by atoms with Crippen molar-refractivity contribution in [1.29, 1.82) is 0 Å². The van der Waals surface area contributed by atoms with Crippen LogP contribution in [-0.2, 0) is 11.2 Å². The van der Waals surface area contributed by atoms with E-state index in [-0.39, 0.29) is 5.91 Å². The molecule has 3 nitrogen and oxygen atoms in total. The van der Waals surface area contributed by atoms with Crippen LogP contribution in [0, 0.1) is 17.8 Å². The van der Waals surface area contributed by atoms with Crippen LogP contribution in [0.25, 0.3) is 0 Å². The fourth-order valence-electron chi connectivity index (χ4n) is 3.98. The number of hydrogen-bond acceptors (Lipinski definition) is 2. The van der Waals surface area contributed by atoms with Crippen LogP contribution in [-0.4, -0.2) is 10.9 Å². The van der Waals surface area contributed by atoms with Crippen LogP contribution in [0.4, 0.5) is 5.69 Å². The van der Waals surface area contributed by atoms with Crippen molar-refractivity contribution in [3.05, 3.63) is 29.8 Å². The van der Waals surface area contributed by atoms with Crippen LogP contribution in [0.2, 0.25) is 0 Å². The van der Waals surface area contributed by atoms with Crippen molar-refractivity contribution in [2.24, 2.45) is 23.5 Å². The first-order chi connectivity index (χ1) is 10.1. The Morgan fingerprint density at radius 2 is 2.00 bits per heavy atom. The van der Waals surface area contributed by atoms with E-state index in [9.17, 15) is 4.79 Å². The van der Waals surface area contributed by atoms with Crippen molar-refractivity contribution in [1.82, 2.24) is 0 Å². The van der Waals surface area contributed by atoms with E-state index < -0.39 is 0 Å².